The van der Waals surface area contributed by atoms with E-state index >= 15 is 0 Å². The number of carbonyl (C=O) groups is 2. The lowest BCUT2D eigenvalue weighted by Gasteiger charge is -2.30. The fourth-order valence-electron chi connectivity index (χ4n) is 4.35. The van der Waals surface area contributed by atoms with Crippen LogP contribution in [0.4, 0.5) is 11.5 Å². The molecule has 4 N–H and O–H groups in total. The number of ether oxygens (including phenoxy) is 1. The van der Waals surface area contributed by atoms with E-state index in [1.807, 2.05) is 36.4 Å². The van der Waals surface area contributed by atoms with Crippen molar-refractivity contribution in [2.24, 2.45) is 0 Å². The van der Waals surface area contributed by atoms with Crippen molar-refractivity contribution in [3.8, 4) is 11.8 Å². The Kier molecular flexibility index (Phi) is 6.52. The largest absolute Gasteiger partial charge is 0.480 e. The van der Waals surface area contributed by atoms with E-state index in [1.165, 1.54) is 0 Å². The van der Waals surface area contributed by atoms with Crippen LogP contribution >= 0.6 is 0 Å². The van der Waals surface area contributed by atoms with E-state index in [2.05, 4.69) is 31.2 Å². The maximum atomic E-state index is 12.7. The normalized spacial score (nSPS) is 19.2. The minimum Gasteiger partial charge on any atom is -0.480 e. The van der Waals surface area contributed by atoms with Crippen molar-refractivity contribution in [2.45, 2.75) is 37.9 Å². The molecule has 2 aliphatic rings. The molecule has 1 aromatic carbocycles. The molecule has 1 fully saturated rings. The highest BCUT2D eigenvalue weighted by Crippen LogP contribution is 2.25. The zero-order valence-electron chi connectivity index (χ0n) is 19.0. The van der Waals surface area contributed by atoms with Gasteiger partial charge in [0.15, 0.2) is 18.2 Å². The van der Waals surface area contributed by atoms with Gasteiger partial charge in [-0.05, 0) is 43.2 Å². The van der Waals surface area contributed by atoms with Gasteiger partial charge in [-0.1, -0.05) is 12.1 Å². The number of piperidine rings is 1. The quantitative estimate of drug-likeness (QED) is 0.428. The third-order valence-corrected chi connectivity index (χ3v) is 6.16. The number of anilines is 2. The summed E-state index contributed by atoms with van der Waals surface area (Å²) in [7, 11) is 0. The van der Waals surface area contributed by atoms with Gasteiger partial charge >= 0.3 is 0 Å². The Hall–Kier alpha value is -4.07. The molecule has 3 aromatic rings. The summed E-state index contributed by atoms with van der Waals surface area (Å²) in [5, 5.41) is 22.6. The molecule has 10 heteroatoms. The molecule has 2 atom stereocenters. The van der Waals surface area contributed by atoms with Crippen LogP contribution in [0.5, 0.6) is 5.75 Å². The van der Waals surface area contributed by atoms with E-state index in [1.54, 1.807) is 12.1 Å². The molecular weight excluding hydrogens is 446 g/mol. The number of nitrogens with one attached hydrogen (secondary N) is 4. The molecule has 2 amide bonds. The molecule has 2 aromatic heterocycles. The Morgan fingerprint density at radius 2 is 2.09 bits per heavy atom. The second kappa shape index (κ2) is 10.0. The molecule has 2 unspecified atom stereocenters. The number of rotatable bonds is 6. The first-order valence-corrected chi connectivity index (χ1v) is 11.6. The number of hydrogen-bond acceptors (Lipinski definition) is 8. The molecule has 178 valence electrons. The zero-order chi connectivity index (χ0) is 24.2. The molecule has 0 aliphatic carbocycles. The maximum Gasteiger partial charge on any atom is 0.263 e. The molecule has 0 bridgehead atoms. The number of pyridine rings is 2. The summed E-state index contributed by atoms with van der Waals surface area (Å²) in [6, 6.07) is 15.1. The lowest BCUT2D eigenvalue weighted by molar-refractivity contribution is -0.119. The second-order valence-electron chi connectivity index (χ2n) is 8.68. The third kappa shape index (κ3) is 5.37. The van der Waals surface area contributed by atoms with Crippen LogP contribution in [0, 0.1) is 11.3 Å². The van der Waals surface area contributed by atoms with Gasteiger partial charge in [0, 0.05) is 37.0 Å². The van der Waals surface area contributed by atoms with Crippen LogP contribution in [0.3, 0.4) is 0 Å². The highest BCUT2D eigenvalue weighted by Gasteiger charge is 2.23. The zero-order valence-corrected chi connectivity index (χ0v) is 19.0. The van der Waals surface area contributed by atoms with Gasteiger partial charge in [-0.25, -0.2) is 9.97 Å². The van der Waals surface area contributed by atoms with Crippen LogP contribution in [0.15, 0.2) is 42.5 Å². The number of amides is 2. The number of nitrogens with zero attached hydrogens (tertiary/aromatic N) is 3. The monoisotopic (exact) mass is 471 g/mol. The number of para-hydroxylation sites is 1. The molecule has 2 aliphatic heterocycles. The number of nitriles is 1. The van der Waals surface area contributed by atoms with Crippen LogP contribution in [-0.2, 0) is 16.1 Å². The standard InChI is InChI=1S/C25H25N7O3/c26-11-17-5-4-15-2-1-3-20(24(15)29-17)31-22(33)10-16-6-7-18(12-27-16)28-13-19-8-9-21-25(30-19)32-23(34)14-35-21/h1-5,8-9,16,18,27-28H,6-7,10,12-14H2,(H,31,33)(H,30,32,34). The smallest absolute Gasteiger partial charge is 0.263 e. The average molecular weight is 472 g/mol. The Balaban J connectivity index is 1.10. The number of carbonyl (C=O) groups excluding carboxylic acids is 2. The molecule has 0 spiro atoms. The van der Waals surface area contributed by atoms with Gasteiger partial charge in [-0.3, -0.25) is 9.59 Å². The van der Waals surface area contributed by atoms with Gasteiger partial charge in [0.2, 0.25) is 5.91 Å². The minimum atomic E-state index is -0.203. The lowest BCUT2D eigenvalue weighted by atomic mass is 9.98. The highest BCUT2D eigenvalue weighted by atomic mass is 16.5. The van der Waals surface area contributed by atoms with Gasteiger partial charge in [0.25, 0.3) is 5.91 Å². The van der Waals surface area contributed by atoms with Crippen molar-refractivity contribution in [1.82, 2.24) is 20.6 Å². The molecule has 4 heterocycles. The summed E-state index contributed by atoms with van der Waals surface area (Å²) < 4.78 is 5.34. The summed E-state index contributed by atoms with van der Waals surface area (Å²) in [5.41, 5.74) is 2.36. The topological polar surface area (TPSA) is 141 Å². The first-order valence-electron chi connectivity index (χ1n) is 11.6. The minimum absolute atomic E-state index is 0.0141. The first-order chi connectivity index (χ1) is 17.1. The fourth-order valence-corrected chi connectivity index (χ4v) is 4.35. The Morgan fingerprint density at radius 1 is 1.17 bits per heavy atom. The van der Waals surface area contributed by atoms with E-state index in [0.29, 0.717) is 41.4 Å². The molecular formula is C25H25N7O3. The molecule has 1 saturated heterocycles. The van der Waals surface area contributed by atoms with E-state index in [4.69, 9.17) is 10.00 Å². The Bertz CT molecular complexity index is 1310. The third-order valence-electron chi connectivity index (χ3n) is 6.16. The second-order valence-corrected chi connectivity index (χ2v) is 8.68. The van der Waals surface area contributed by atoms with Gasteiger partial charge in [0.05, 0.1) is 16.9 Å². The van der Waals surface area contributed by atoms with Crippen LogP contribution in [0.25, 0.3) is 10.9 Å². The van der Waals surface area contributed by atoms with E-state index in [-0.39, 0.29) is 30.5 Å². The molecule has 0 saturated carbocycles. The van der Waals surface area contributed by atoms with E-state index in [9.17, 15) is 9.59 Å². The highest BCUT2D eigenvalue weighted by molar-refractivity contribution is 6.00. The Morgan fingerprint density at radius 3 is 2.91 bits per heavy atom. The predicted octanol–water partition coefficient (Wildman–Crippen LogP) is 2.07. The SMILES string of the molecule is N#Cc1ccc2cccc(NC(=O)CC3CCC(NCc4ccc5c(n4)NC(=O)CO5)CN3)c2n1. The van der Waals surface area contributed by atoms with Crippen molar-refractivity contribution in [3.05, 3.63) is 53.9 Å². The van der Waals surface area contributed by atoms with Gasteiger partial charge in [0.1, 0.15) is 11.8 Å². The summed E-state index contributed by atoms with van der Waals surface area (Å²) in [4.78, 5) is 33.0. The van der Waals surface area contributed by atoms with E-state index in [0.717, 1.165) is 30.5 Å². The number of fused-ring (bicyclic) bond motifs is 2. The van der Waals surface area contributed by atoms with Crippen LogP contribution in [-0.4, -0.2) is 47.0 Å². The summed E-state index contributed by atoms with van der Waals surface area (Å²) in [6.07, 6.45) is 2.14. The van der Waals surface area contributed by atoms with Gasteiger partial charge in [-0.15, -0.1) is 0 Å². The van der Waals surface area contributed by atoms with Crippen LogP contribution in [0.1, 0.15) is 30.7 Å². The summed E-state index contributed by atoms with van der Waals surface area (Å²) in [6.45, 7) is 1.32. The number of hydrogen-bond donors (Lipinski definition) is 4. The lowest BCUT2D eigenvalue weighted by Crippen LogP contribution is -2.48. The van der Waals surface area contributed by atoms with E-state index < -0.39 is 0 Å². The number of benzene rings is 1. The van der Waals surface area contributed by atoms with Gasteiger partial charge in [-0.2, -0.15) is 5.26 Å². The predicted molar refractivity (Wildman–Crippen MR) is 130 cm³/mol. The van der Waals surface area contributed by atoms with Crippen molar-refractivity contribution in [3.63, 3.8) is 0 Å². The molecule has 5 rings (SSSR count). The van der Waals surface area contributed by atoms with Crippen molar-refractivity contribution in [2.75, 3.05) is 23.8 Å². The molecule has 35 heavy (non-hydrogen) atoms. The Labute approximate surface area is 202 Å². The first kappa shape index (κ1) is 22.7. The average Bonchev–Trinajstić information content (AvgIpc) is 2.88. The van der Waals surface area contributed by atoms with Crippen LogP contribution in [0.2, 0.25) is 0 Å². The summed E-state index contributed by atoms with van der Waals surface area (Å²) >= 11 is 0. The molecule has 0 radical (unpaired) electrons. The maximum absolute atomic E-state index is 12.7. The number of aromatic nitrogens is 2. The van der Waals surface area contributed by atoms with Crippen LogP contribution < -0.4 is 26.0 Å². The van der Waals surface area contributed by atoms with Crippen molar-refractivity contribution >= 4 is 34.2 Å². The summed E-state index contributed by atoms with van der Waals surface area (Å²) in [5.74, 6) is 0.746. The molecule has 10 nitrogen and oxygen atoms in total. The van der Waals surface area contributed by atoms with Gasteiger partial charge < -0.3 is 26.0 Å². The fraction of sp³-hybridized carbons (Fsp3) is 0.320. The van der Waals surface area contributed by atoms with Crippen molar-refractivity contribution in [1.29, 1.82) is 5.26 Å². The van der Waals surface area contributed by atoms with Crippen molar-refractivity contribution < 1.29 is 14.3 Å².